The van der Waals surface area contributed by atoms with Crippen LogP contribution in [0.5, 0.6) is 0 Å². The highest BCUT2D eigenvalue weighted by Gasteiger charge is 2.10. The van der Waals surface area contributed by atoms with Crippen molar-refractivity contribution in [3.8, 4) is 22.4 Å². The predicted molar refractivity (Wildman–Crippen MR) is 170 cm³/mol. The molecular weight excluding hydrogens is 500 g/mol. The molecule has 0 radical (unpaired) electrons. The van der Waals surface area contributed by atoms with Crippen molar-refractivity contribution in [3.05, 3.63) is 157 Å². The number of benzene rings is 3. The molecule has 7 rings (SSSR count). The Bertz CT molecular complexity index is 2050. The van der Waals surface area contributed by atoms with E-state index in [1.165, 1.54) is 0 Å². The third-order valence-electron chi connectivity index (χ3n) is 7.34. The maximum Gasteiger partial charge on any atom is 0.0972 e. The van der Waals surface area contributed by atoms with E-state index in [4.69, 9.17) is 9.98 Å². The molecule has 0 unspecified atom stereocenters. The third-order valence-corrected chi connectivity index (χ3v) is 7.34. The molecule has 41 heavy (non-hydrogen) atoms. The van der Waals surface area contributed by atoms with Crippen LogP contribution in [0, 0.1) is 0 Å². The maximum absolute atomic E-state index is 5.05. The van der Waals surface area contributed by atoms with Crippen LogP contribution in [0.2, 0.25) is 0 Å². The van der Waals surface area contributed by atoms with Crippen LogP contribution in [0.15, 0.2) is 145 Å². The van der Waals surface area contributed by atoms with Crippen molar-refractivity contribution in [1.29, 1.82) is 0 Å². The molecule has 0 N–H and O–H groups in total. The SMILES string of the molecule is C=C1C=Cc2cccnc2CN=C(c2cccc(-c3cccc(-c4ccc5ccc6cccnc6c5n4)c3)c2)/C=C\1. The average Bonchev–Trinajstić information content (AvgIpc) is 3.04. The van der Waals surface area contributed by atoms with Gasteiger partial charge in [0.05, 0.1) is 34.7 Å². The standard InChI is InChI=1S/C37H26N4/c1-25-12-14-26-10-4-20-38-35(26)24-40-33(18-13-25)31-8-2-6-29(22-31)30-7-3-9-32(23-30)34-19-17-28-16-15-27-11-5-21-39-36(27)37(28)41-34/h2-23H,1,24H2/b14-12?,18-13-,40-33?. The summed E-state index contributed by atoms with van der Waals surface area (Å²) in [4.78, 5) is 19.2. The lowest BCUT2D eigenvalue weighted by Crippen LogP contribution is -2.01. The minimum absolute atomic E-state index is 0.504. The van der Waals surface area contributed by atoms with E-state index in [2.05, 4.69) is 101 Å². The Hall–Kier alpha value is -5.48. The summed E-state index contributed by atoms with van der Waals surface area (Å²) in [5.41, 5.74) is 10.9. The first-order chi connectivity index (χ1) is 20.2. The van der Waals surface area contributed by atoms with E-state index >= 15 is 0 Å². The van der Waals surface area contributed by atoms with Gasteiger partial charge in [-0.2, -0.15) is 0 Å². The summed E-state index contributed by atoms with van der Waals surface area (Å²) in [5.74, 6) is 0. The summed E-state index contributed by atoms with van der Waals surface area (Å²) in [6.45, 7) is 4.67. The van der Waals surface area contributed by atoms with Crippen molar-refractivity contribution in [3.63, 3.8) is 0 Å². The molecule has 4 nitrogen and oxygen atoms in total. The normalized spacial score (nSPS) is 14.0. The Balaban J connectivity index is 1.26. The lowest BCUT2D eigenvalue weighted by molar-refractivity contribution is 0.985. The number of allylic oxidation sites excluding steroid dienone is 4. The molecule has 0 atom stereocenters. The third kappa shape index (κ3) is 4.99. The lowest BCUT2D eigenvalue weighted by atomic mass is 9.97. The van der Waals surface area contributed by atoms with Crippen molar-refractivity contribution in [2.75, 3.05) is 0 Å². The van der Waals surface area contributed by atoms with Gasteiger partial charge in [0.15, 0.2) is 0 Å². The van der Waals surface area contributed by atoms with E-state index in [9.17, 15) is 0 Å². The first-order valence-corrected chi connectivity index (χ1v) is 13.6. The topological polar surface area (TPSA) is 51.0 Å². The molecule has 1 aliphatic rings. The summed E-state index contributed by atoms with van der Waals surface area (Å²) in [5, 5.41) is 2.17. The van der Waals surface area contributed by atoms with Gasteiger partial charge in [0, 0.05) is 34.3 Å². The van der Waals surface area contributed by atoms with Crippen LogP contribution >= 0.6 is 0 Å². The van der Waals surface area contributed by atoms with Crippen LogP contribution in [0.3, 0.4) is 0 Å². The van der Waals surface area contributed by atoms with Gasteiger partial charge in [-0.15, -0.1) is 0 Å². The van der Waals surface area contributed by atoms with Gasteiger partial charge in [-0.3, -0.25) is 15.0 Å². The summed E-state index contributed by atoms with van der Waals surface area (Å²) < 4.78 is 0. The molecule has 1 aliphatic heterocycles. The molecule has 0 saturated carbocycles. The van der Waals surface area contributed by atoms with Crippen molar-refractivity contribution < 1.29 is 0 Å². The fraction of sp³-hybridized carbons (Fsp3) is 0.0270. The van der Waals surface area contributed by atoms with E-state index in [0.717, 1.165) is 72.3 Å². The molecule has 3 aromatic carbocycles. The van der Waals surface area contributed by atoms with Gasteiger partial charge in [0.25, 0.3) is 0 Å². The lowest BCUT2D eigenvalue weighted by Gasteiger charge is -2.10. The van der Waals surface area contributed by atoms with Gasteiger partial charge in [-0.25, -0.2) is 4.98 Å². The van der Waals surface area contributed by atoms with Gasteiger partial charge in [-0.05, 0) is 58.7 Å². The van der Waals surface area contributed by atoms with Crippen molar-refractivity contribution in [2.45, 2.75) is 6.54 Å². The van der Waals surface area contributed by atoms with Crippen molar-refractivity contribution in [1.82, 2.24) is 15.0 Å². The number of aliphatic imine (C=N–C) groups is 1. The monoisotopic (exact) mass is 526 g/mol. The maximum atomic E-state index is 5.05. The average molecular weight is 527 g/mol. The van der Waals surface area contributed by atoms with Gasteiger partial charge in [0.2, 0.25) is 0 Å². The van der Waals surface area contributed by atoms with Crippen molar-refractivity contribution in [2.24, 2.45) is 4.99 Å². The van der Waals surface area contributed by atoms with Crippen LogP contribution in [0.25, 0.3) is 50.3 Å². The Morgan fingerprint density at radius 3 is 2.12 bits per heavy atom. The van der Waals surface area contributed by atoms with Gasteiger partial charge < -0.3 is 0 Å². The summed E-state index contributed by atoms with van der Waals surface area (Å²) in [6, 6.07) is 33.5. The number of fused-ring (bicyclic) bond motifs is 4. The van der Waals surface area contributed by atoms with Crippen LogP contribution in [-0.2, 0) is 6.54 Å². The number of nitrogens with zero attached hydrogens (tertiary/aromatic N) is 4. The zero-order valence-corrected chi connectivity index (χ0v) is 22.4. The van der Waals surface area contributed by atoms with Crippen LogP contribution in [-0.4, -0.2) is 20.7 Å². The largest absolute Gasteiger partial charge is 0.278 e. The molecule has 4 heteroatoms. The fourth-order valence-electron chi connectivity index (χ4n) is 5.17. The highest BCUT2D eigenvalue weighted by atomic mass is 14.8. The number of hydrogen-bond donors (Lipinski definition) is 0. The van der Waals surface area contributed by atoms with Crippen LogP contribution in [0.1, 0.15) is 16.8 Å². The molecule has 194 valence electrons. The minimum atomic E-state index is 0.504. The fourth-order valence-corrected chi connectivity index (χ4v) is 5.17. The molecule has 0 aliphatic carbocycles. The molecule has 0 amide bonds. The van der Waals surface area contributed by atoms with Crippen molar-refractivity contribution >= 4 is 33.6 Å². The zero-order valence-electron chi connectivity index (χ0n) is 22.4. The Labute approximate surface area is 238 Å². The number of pyridine rings is 3. The predicted octanol–water partition coefficient (Wildman–Crippen LogP) is 8.64. The smallest absolute Gasteiger partial charge is 0.0972 e. The molecule has 0 fully saturated rings. The molecular formula is C37H26N4. The molecule has 3 aromatic heterocycles. The Kier molecular flexibility index (Phi) is 6.34. The number of rotatable bonds is 3. The first kappa shape index (κ1) is 24.6. The van der Waals surface area contributed by atoms with E-state index < -0.39 is 0 Å². The first-order valence-electron chi connectivity index (χ1n) is 13.6. The highest BCUT2D eigenvalue weighted by Crippen LogP contribution is 2.29. The summed E-state index contributed by atoms with van der Waals surface area (Å²) in [7, 11) is 0. The summed E-state index contributed by atoms with van der Waals surface area (Å²) >= 11 is 0. The second-order valence-electron chi connectivity index (χ2n) is 10.1. The van der Waals surface area contributed by atoms with E-state index in [1.54, 1.807) is 0 Å². The van der Waals surface area contributed by atoms with Gasteiger partial charge >= 0.3 is 0 Å². The van der Waals surface area contributed by atoms with Crippen LogP contribution in [0.4, 0.5) is 0 Å². The number of aromatic nitrogens is 3. The highest BCUT2D eigenvalue weighted by molar-refractivity contribution is 6.09. The molecule has 0 bridgehead atoms. The molecule has 4 heterocycles. The Morgan fingerprint density at radius 2 is 1.24 bits per heavy atom. The van der Waals surface area contributed by atoms with Gasteiger partial charge in [0.1, 0.15) is 0 Å². The molecule has 0 spiro atoms. The van der Waals surface area contributed by atoms with E-state index in [0.29, 0.717) is 6.54 Å². The van der Waals surface area contributed by atoms with E-state index in [1.807, 2.05) is 48.8 Å². The second kappa shape index (κ2) is 10.6. The van der Waals surface area contributed by atoms with E-state index in [-0.39, 0.29) is 0 Å². The second-order valence-corrected chi connectivity index (χ2v) is 10.1. The zero-order chi connectivity index (χ0) is 27.6. The quantitative estimate of drug-likeness (QED) is 0.217. The van der Waals surface area contributed by atoms with Gasteiger partial charge in [-0.1, -0.05) is 91.5 Å². The summed E-state index contributed by atoms with van der Waals surface area (Å²) in [6.07, 6.45) is 11.7. The number of hydrogen-bond acceptors (Lipinski definition) is 4. The molecule has 6 aromatic rings. The van der Waals surface area contributed by atoms with Crippen LogP contribution < -0.4 is 0 Å². The Morgan fingerprint density at radius 1 is 0.561 bits per heavy atom. The molecule has 0 saturated heterocycles. The minimum Gasteiger partial charge on any atom is -0.278 e.